The van der Waals surface area contributed by atoms with Crippen molar-refractivity contribution in [2.75, 3.05) is 6.54 Å². The number of benzene rings is 1. The maximum absolute atomic E-state index is 11.9. The summed E-state index contributed by atoms with van der Waals surface area (Å²) in [5.74, 6) is -0.152. The molecule has 0 aliphatic carbocycles. The van der Waals surface area contributed by atoms with Gasteiger partial charge in [0.05, 0.1) is 5.56 Å². The molecule has 0 saturated heterocycles. The lowest BCUT2D eigenvalue weighted by Crippen LogP contribution is -2.25. The molecule has 0 spiro atoms. The number of amides is 1. The van der Waals surface area contributed by atoms with Gasteiger partial charge in [0.15, 0.2) is 0 Å². The number of aromatic amines is 1. The van der Waals surface area contributed by atoms with Crippen LogP contribution in [0, 0.1) is 0 Å². The van der Waals surface area contributed by atoms with Crippen LogP contribution < -0.4 is 10.9 Å². The van der Waals surface area contributed by atoms with Gasteiger partial charge in [-0.05, 0) is 41.9 Å². The maximum Gasteiger partial charge on any atom is 0.252 e. The summed E-state index contributed by atoms with van der Waals surface area (Å²) in [6.07, 6.45) is 4.41. The third kappa shape index (κ3) is 5.37. The zero-order valence-corrected chi connectivity index (χ0v) is 14.7. The summed E-state index contributed by atoms with van der Waals surface area (Å²) in [5, 5.41) is 2.87. The highest BCUT2D eigenvalue weighted by molar-refractivity contribution is 5.93. The number of nitrogens with one attached hydrogen (secondary N) is 2. The molecule has 0 atom stereocenters. The van der Waals surface area contributed by atoms with Crippen LogP contribution in [0.5, 0.6) is 0 Å². The van der Waals surface area contributed by atoms with Gasteiger partial charge in [0, 0.05) is 18.8 Å². The Morgan fingerprint density at radius 3 is 2.33 bits per heavy atom. The number of aryl methyl sites for hydroxylation is 1. The van der Waals surface area contributed by atoms with Crippen molar-refractivity contribution in [3.8, 4) is 0 Å². The highest BCUT2D eigenvalue weighted by Gasteiger charge is 2.12. The molecule has 1 amide bonds. The Bertz CT molecular complexity index is 704. The van der Waals surface area contributed by atoms with E-state index in [-0.39, 0.29) is 16.9 Å². The second-order valence-corrected chi connectivity index (χ2v) is 7.10. The fourth-order valence-corrected chi connectivity index (χ4v) is 2.48. The van der Waals surface area contributed by atoms with Gasteiger partial charge in [-0.2, -0.15) is 0 Å². The summed E-state index contributed by atoms with van der Waals surface area (Å²) in [7, 11) is 0. The van der Waals surface area contributed by atoms with Crippen molar-refractivity contribution in [2.24, 2.45) is 0 Å². The topological polar surface area (TPSA) is 62.0 Å². The third-order valence-electron chi connectivity index (χ3n) is 4.04. The van der Waals surface area contributed by atoms with Crippen molar-refractivity contribution in [3.63, 3.8) is 0 Å². The Balaban J connectivity index is 1.70. The number of H-pyrrole nitrogens is 1. The van der Waals surface area contributed by atoms with E-state index in [1.54, 1.807) is 0 Å². The predicted molar refractivity (Wildman–Crippen MR) is 97.5 cm³/mol. The molecule has 0 unspecified atom stereocenters. The molecular weight excluding hydrogens is 300 g/mol. The second kappa shape index (κ2) is 7.95. The summed E-state index contributed by atoms with van der Waals surface area (Å²) in [4.78, 5) is 25.4. The monoisotopic (exact) mass is 326 g/mol. The van der Waals surface area contributed by atoms with E-state index >= 15 is 0 Å². The molecule has 128 valence electrons. The van der Waals surface area contributed by atoms with Crippen LogP contribution in [0.4, 0.5) is 0 Å². The van der Waals surface area contributed by atoms with Crippen molar-refractivity contribution in [1.82, 2.24) is 10.3 Å². The van der Waals surface area contributed by atoms with Gasteiger partial charge in [0.1, 0.15) is 0 Å². The van der Waals surface area contributed by atoms with Gasteiger partial charge in [-0.3, -0.25) is 9.59 Å². The highest BCUT2D eigenvalue weighted by atomic mass is 16.1. The first-order chi connectivity index (χ1) is 11.4. The molecule has 1 aromatic carbocycles. The van der Waals surface area contributed by atoms with Gasteiger partial charge in [-0.25, -0.2) is 0 Å². The molecular formula is C20H26N2O2. The van der Waals surface area contributed by atoms with Gasteiger partial charge in [0.2, 0.25) is 5.56 Å². The number of hydrogen-bond acceptors (Lipinski definition) is 2. The van der Waals surface area contributed by atoms with E-state index in [9.17, 15) is 9.59 Å². The van der Waals surface area contributed by atoms with Gasteiger partial charge < -0.3 is 10.3 Å². The number of aromatic nitrogens is 1. The standard InChI is InChI=1S/C20H26N2O2/c1-20(2,3)17-10-7-15(8-11-17)6-4-5-13-21-19(24)16-9-12-18(23)22-14-16/h7-12,14H,4-6,13H2,1-3H3,(H,21,24)(H,22,23). The lowest BCUT2D eigenvalue weighted by atomic mass is 9.86. The smallest absolute Gasteiger partial charge is 0.252 e. The largest absolute Gasteiger partial charge is 0.352 e. The van der Waals surface area contributed by atoms with E-state index in [0.29, 0.717) is 12.1 Å². The van der Waals surface area contributed by atoms with Gasteiger partial charge in [-0.1, -0.05) is 45.0 Å². The first-order valence-corrected chi connectivity index (χ1v) is 8.42. The number of carbonyl (C=O) groups is 1. The molecule has 24 heavy (non-hydrogen) atoms. The van der Waals surface area contributed by atoms with Crippen LogP contribution in [0.2, 0.25) is 0 Å². The molecule has 0 aliphatic heterocycles. The Kier molecular flexibility index (Phi) is 5.96. The molecule has 2 aromatic rings. The first-order valence-electron chi connectivity index (χ1n) is 8.42. The molecule has 0 aliphatic rings. The minimum absolute atomic E-state index is 0.152. The molecule has 1 heterocycles. The van der Waals surface area contributed by atoms with Crippen LogP contribution in [0.3, 0.4) is 0 Å². The normalized spacial score (nSPS) is 11.3. The number of hydrogen-bond donors (Lipinski definition) is 2. The zero-order valence-electron chi connectivity index (χ0n) is 14.7. The van der Waals surface area contributed by atoms with Crippen molar-refractivity contribution < 1.29 is 4.79 Å². The van der Waals surface area contributed by atoms with E-state index in [0.717, 1.165) is 19.3 Å². The zero-order chi connectivity index (χ0) is 17.6. The number of unbranched alkanes of at least 4 members (excludes halogenated alkanes) is 1. The molecule has 0 saturated carbocycles. The highest BCUT2D eigenvalue weighted by Crippen LogP contribution is 2.22. The van der Waals surface area contributed by atoms with Crippen LogP contribution in [0.1, 0.15) is 55.1 Å². The Morgan fingerprint density at radius 2 is 1.75 bits per heavy atom. The van der Waals surface area contributed by atoms with Crippen LogP contribution in [0.15, 0.2) is 47.4 Å². The van der Waals surface area contributed by atoms with E-state index < -0.39 is 0 Å². The summed E-state index contributed by atoms with van der Waals surface area (Å²) in [6, 6.07) is 11.7. The van der Waals surface area contributed by atoms with Crippen LogP contribution in [-0.2, 0) is 11.8 Å². The first kappa shape index (κ1) is 18.0. The van der Waals surface area contributed by atoms with Crippen LogP contribution in [-0.4, -0.2) is 17.4 Å². The average Bonchev–Trinajstić information content (AvgIpc) is 2.54. The summed E-state index contributed by atoms with van der Waals surface area (Å²) in [5.41, 5.74) is 3.13. The van der Waals surface area contributed by atoms with Crippen molar-refractivity contribution in [1.29, 1.82) is 0 Å². The third-order valence-corrected chi connectivity index (χ3v) is 4.04. The minimum Gasteiger partial charge on any atom is -0.352 e. The van der Waals surface area contributed by atoms with Crippen molar-refractivity contribution in [3.05, 3.63) is 69.6 Å². The van der Waals surface area contributed by atoms with E-state index in [1.807, 2.05) is 0 Å². The van der Waals surface area contributed by atoms with Gasteiger partial charge in [0.25, 0.3) is 5.91 Å². The van der Waals surface area contributed by atoms with E-state index in [4.69, 9.17) is 0 Å². The Morgan fingerprint density at radius 1 is 1.04 bits per heavy atom. The Hall–Kier alpha value is -2.36. The van der Waals surface area contributed by atoms with E-state index in [1.165, 1.54) is 29.5 Å². The van der Waals surface area contributed by atoms with Gasteiger partial charge in [-0.15, -0.1) is 0 Å². The molecule has 2 rings (SSSR count). The molecule has 0 fully saturated rings. The quantitative estimate of drug-likeness (QED) is 0.799. The molecule has 4 heteroatoms. The SMILES string of the molecule is CC(C)(C)c1ccc(CCCCNC(=O)c2ccc(=O)[nH]c2)cc1. The lowest BCUT2D eigenvalue weighted by Gasteiger charge is -2.19. The minimum atomic E-state index is -0.205. The fraction of sp³-hybridized carbons (Fsp3) is 0.400. The predicted octanol–water partition coefficient (Wildman–Crippen LogP) is 3.43. The van der Waals surface area contributed by atoms with Gasteiger partial charge >= 0.3 is 0 Å². The maximum atomic E-state index is 11.9. The number of rotatable bonds is 6. The van der Waals surface area contributed by atoms with E-state index in [2.05, 4.69) is 55.3 Å². The van der Waals surface area contributed by atoms with Crippen LogP contribution >= 0.6 is 0 Å². The second-order valence-electron chi connectivity index (χ2n) is 7.10. The summed E-state index contributed by atoms with van der Waals surface area (Å²) >= 11 is 0. The number of carbonyl (C=O) groups excluding carboxylic acids is 1. The lowest BCUT2D eigenvalue weighted by molar-refractivity contribution is 0.0952. The molecule has 0 bridgehead atoms. The molecule has 1 aromatic heterocycles. The summed E-state index contributed by atoms with van der Waals surface area (Å²) in [6.45, 7) is 7.28. The fourth-order valence-electron chi connectivity index (χ4n) is 2.48. The van der Waals surface area contributed by atoms with Crippen LogP contribution in [0.25, 0.3) is 0 Å². The average molecular weight is 326 g/mol. The Labute approximate surface area is 143 Å². The summed E-state index contributed by atoms with van der Waals surface area (Å²) < 4.78 is 0. The van der Waals surface area contributed by atoms with Crippen molar-refractivity contribution in [2.45, 2.75) is 45.4 Å². The molecule has 0 radical (unpaired) electrons. The van der Waals surface area contributed by atoms with Crippen molar-refractivity contribution >= 4 is 5.91 Å². The molecule has 2 N–H and O–H groups in total. The number of pyridine rings is 1. The molecule has 4 nitrogen and oxygen atoms in total.